The van der Waals surface area contributed by atoms with Gasteiger partial charge in [-0.3, -0.25) is 0 Å². The first-order chi connectivity index (χ1) is 9.79. The highest BCUT2D eigenvalue weighted by atomic mass is 32.2. The first-order valence-electron chi connectivity index (χ1n) is 5.52. The third kappa shape index (κ3) is 3.45. The fourth-order valence-electron chi connectivity index (χ4n) is 1.51. The Bertz CT molecular complexity index is 672. The van der Waals surface area contributed by atoms with Crippen LogP contribution in [0.5, 0.6) is 0 Å². The highest BCUT2D eigenvalue weighted by molar-refractivity contribution is 7.98. The first-order valence-corrected chi connectivity index (χ1v) is 6.50. The zero-order valence-corrected chi connectivity index (χ0v) is 11.1. The summed E-state index contributed by atoms with van der Waals surface area (Å²) in [6.45, 7) is 0. The van der Waals surface area contributed by atoms with Crippen LogP contribution < -0.4 is 5.84 Å². The molecule has 0 aliphatic heterocycles. The van der Waals surface area contributed by atoms with Crippen molar-refractivity contribution in [2.45, 2.75) is 17.1 Å². The van der Waals surface area contributed by atoms with E-state index in [-0.39, 0.29) is 16.5 Å². The second-order valence-electron chi connectivity index (χ2n) is 3.97. The zero-order chi connectivity index (χ0) is 15.6. The number of carboxylic acids is 1. The van der Waals surface area contributed by atoms with E-state index in [1.807, 2.05) is 0 Å². The Morgan fingerprint density at radius 3 is 2.67 bits per heavy atom. The molecular weight excluding hydrogens is 309 g/mol. The van der Waals surface area contributed by atoms with E-state index in [4.69, 9.17) is 10.9 Å². The normalized spacial score (nSPS) is 11.6. The molecule has 1 aromatic heterocycles. The number of carboxylic acid groups (broad SMARTS) is 1. The van der Waals surface area contributed by atoms with Crippen LogP contribution in [0, 0.1) is 0 Å². The van der Waals surface area contributed by atoms with Gasteiger partial charge in [0.2, 0.25) is 5.16 Å². The predicted molar refractivity (Wildman–Crippen MR) is 68.1 cm³/mol. The SMILES string of the molecule is Nn1c(SCc2cccc(C(=O)O)c2)nnc1C(F)(F)F. The molecule has 0 bridgehead atoms. The molecule has 0 aliphatic rings. The predicted octanol–water partition coefficient (Wildman–Crippen LogP) is 2.00. The van der Waals surface area contributed by atoms with Crippen LogP contribution in [0.25, 0.3) is 0 Å². The van der Waals surface area contributed by atoms with Gasteiger partial charge in [-0.2, -0.15) is 13.2 Å². The second-order valence-corrected chi connectivity index (χ2v) is 4.91. The Morgan fingerprint density at radius 2 is 2.10 bits per heavy atom. The highest BCUT2D eigenvalue weighted by Crippen LogP contribution is 2.29. The molecule has 2 aromatic rings. The summed E-state index contributed by atoms with van der Waals surface area (Å²) >= 11 is 0.929. The molecule has 0 saturated heterocycles. The lowest BCUT2D eigenvalue weighted by molar-refractivity contribution is -0.146. The number of hydrogen-bond donors (Lipinski definition) is 2. The van der Waals surface area contributed by atoms with Crippen molar-refractivity contribution in [2.75, 3.05) is 5.84 Å². The van der Waals surface area contributed by atoms with Crippen LogP contribution in [-0.2, 0) is 11.9 Å². The van der Waals surface area contributed by atoms with Gasteiger partial charge in [-0.05, 0) is 17.7 Å². The Kier molecular flexibility index (Phi) is 4.07. The molecule has 0 aliphatic carbocycles. The van der Waals surface area contributed by atoms with Crippen molar-refractivity contribution in [1.82, 2.24) is 14.9 Å². The van der Waals surface area contributed by atoms with Crippen molar-refractivity contribution in [3.05, 3.63) is 41.2 Å². The molecule has 10 heteroatoms. The number of carbonyl (C=O) groups is 1. The fourth-order valence-corrected chi connectivity index (χ4v) is 2.31. The summed E-state index contributed by atoms with van der Waals surface area (Å²) in [6.07, 6.45) is -4.68. The maximum Gasteiger partial charge on any atom is 0.453 e. The van der Waals surface area contributed by atoms with Crippen LogP contribution in [0.4, 0.5) is 13.2 Å². The second kappa shape index (κ2) is 5.64. The molecule has 21 heavy (non-hydrogen) atoms. The maximum atomic E-state index is 12.5. The molecule has 112 valence electrons. The lowest BCUT2D eigenvalue weighted by Gasteiger charge is -2.06. The number of thioether (sulfide) groups is 1. The van der Waals surface area contributed by atoms with E-state index in [1.54, 1.807) is 12.1 Å². The summed E-state index contributed by atoms with van der Waals surface area (Å²) < 4.78 is 37.8. The lowest BCUT2D eigenvalue weighted by atomic mass is 10.1. The van der Waals surface area contributed by atoms with Crippen molar-refractivity contribution in [3.8, 4) is 0 Å². The number of benzene rings is 1. The minimum atomic E-state index is -4.68. The molecule has 0 fully saturated rings. The lowest BCUT2D eigenvalue weighted by Crippen LogP contribution is -2.21. The molecule has 1 heterocycles. The molecule has 0 saturated carbocycles. The van der Waals surface area contributed by atoms with E-state index in [0.717, 1.165) is 11.8 Å². The minimum Gasteiger partial charge on any atom is -0.478 e. The van der Waals surface area contributed by atoms with Gasteiger partial charge >= 0.3 is 12.1 Å². The standard InChI is InChI=1S/C11H9F3N4O2S/c12-11(13,14)9-16-17-10(18(9)15)21-5-6-2-1-3-7(4-6)8(19)20/h1-4H,5,15H2,(H,19,20). The Morgan fingerprint density at radius 1 is 1.38 bits per heavy atom. The smallest absolute Gasteiger partial charge is 0.453 e. The number of nitrogens with zero attached hydrogens (tertiary/aromatic N) is 3. The Hall–Kier alpha value is -2.23. The van der Waals surface area contributed by atoms with E-state index in [1.165, 1.54) is 12.1 Å². The molecule has 1 aromatic carbocycles. The molecule has 2 rings (SSSR count). The van der Waals surface area contributed by atoms with Gasteiger partial charge in [-0.15, -0.1) is 10.2 Å². The number of aromatic carboxylic acids is 1. The third-order valence-corrected chi connectivity index (χ3v) is 3.47. The van der Waals surface area contributed by atoms with Crippen LogP contribution in [0.3, 0.4) is 0 Å². The molecular formula is C11H9F3N4O2S. The number of nitrogen functional groups attached to an aromatic ring is 1. The number of halogens is 3. The van der Waals surface area contributed by atoms with E-state index in [0.29, 0.717) is 10.2 Å². The average molecular weight is 318 g/mol. The summed E-state index contributed by atoms with van der Waals surface area (Å²) in [5, 5.41) is 15.1. The van der Waals surface area contributed by atoms with Gasteiger partial charge in [0.25, 0.3) is 5.82 Å². The van der Waals surface area contributed by atoms with Crippen LogP contribution in [0.15, 0.2) is 29.4 Å². The fraction of sp³-hybridized carbons (Fsp3) is 0.182. The van der Waals surface area contributed by atoms with Gasteiger partial charge in [-0.25, -0.2) is 9.47 Å². The van der Waals surface area contributed by atoms with Gasteiger partial charge < -0.3 is 10.9 Å². The summed E-state index contributed by atoms with van der Waals surface area (Å²) in [6, 6.07) is 6.05. The largest absolute Gasteiger partial charge is 0.478 e. The molecule has 0 amide bonds. The molecule has 0 unspecified atom stereocenters. The topological polar surface area (TPSA) is 94.0 Å². The van der Waals surface area contributed by atoms with E-state index in [2.05, 4.69) is 10.2 Å². The Labute approximate surface area is 120 Å². The van der Waals surface area contributed by atoms with Gasteiger partial charge in [-0.1, -0.05) is 23.9 Å². The number of rotatable bonds is 4. The van der Waals surface area contributed by atoms with Gasteiger partial charge in [0.15, 0.2) is 0 Å². The number of aromatic nitrogens is 3. The van der Waals surface area contributed by atoms with Crippen molar-refractivity contribution >= 4 is 17.7 Å². The molecule has 0 atom stereocenters. The zero-order valence-electron chi connectivity index (χ0n) is 10.3. The van der Waals surface area contributed by atoms with Crippen LogP contribution in [0.1, 0.15) is 21.7 Å². The molecule has 0 radical (unpaired) electrons. The molecule has 3 N–H and O–H groups in total. The highest BCUT2D eigenvalue weighted by Gasteiger charge is 2.38. The van der Waals surface area contributed by atoms with Crippen LogP contribution in [0.2, 0.25) is 0 Å². The number of hydrogen-bond acceptors (Lipinski definition) is 5. The summed E-state index contributed by atoms with van der Waals surface area (Å²) in [4.78, 5) is 10.8. The summed E-state index contributed by atoms with van der Waals surface area (Å²) in [5.41, 5.74) is 0.717. The Balaban J connectivity index is 2.12. The van der Waals surface area contributed by atoms with E-state index in [9.17, 15) is 18.0 Å². The van der Waals surface area contributed by atoms with E-state index < -0.39 is 18.0 Å². The van der Waals surface area contributed by atoms with Crippen molar-refractivity contribution in [1.29, 1.82) is 0 Å². The van der Waals surface area contributed by atoms with Gasteiger partial charge in [0, 0.05) is 5.75 Å². The van der Waals surface area contributed by atoms with E-state index >= 15 is 0 Å². The maximum absolute atomic E-state index is 12.5. The molecule has 6 nitrogen and oxygen atoms in total. The van der Waals surface area contributed by atoms with Gasteiger partial charge in [0.1, 0.15) is 0 Å². The van der Waals surface area contributed by atoms with Crippen LogP contribution >= 0.6 is 11.8 Å². The van der Waals surface area contributed by atoms with Crippen LogP contribution in [-0.4, -0.2) is 25.9 Å². The number of alkyl halides is 3. The third-order valence-electron chi connectivity index (χ3n) is 2.46. The summed E-state index contributed by atoms with van der Waals surface area (Å²) in [7, 11) is 0. The molecule has 0 spiro atoms. The summed E-state index contributed by atoms with van der Waals surface area (Å²) in [5.74, 6) is 3.14. The number of nitrogens with two attached hydrogens (primary N) is 1. The van der Waals surface area contributed by atoms with Gasteiger partial charge in [0.05, 0.1) is 5.56 Å². The average Bonchev–Trinajstić information content (AvgIpc) is 2.78. The minimum absolute atomic E-state index is 0.0956. The first kappa shape index (κ1) is 15.2. The van der Waals surface area contributed by atoms with Crippen molar-refractivity contribution in [3.63, 3.8) is 0 Å². The monoisotopic (exact) mass is 318 g/mol. The van der Waals surface area contributed by atoms with Crippen molar-refractivity contribution in [2.24, 2.45) is 0 Å². The quantitative estimate of drug-likeness (QED) is 0.661. The van der Waals surface area contributed by atoms with Crippen molar-refractivity contribution < 1.29 is 23.1 Å².